The summed E-state index contributed by atoms with van der Waals surface area (Å²) in [5.74, 6) is -0.264. The van der Waals surface area contributed by atoms with E-state index in [0.717, 1.165) is 20.9 Å². The van der Waals surface area contributed by atoms with E-state index in [1.165, 1.54) is 11.6 Å². The Morgan fingerprint density at radius 2 is 1.76 bits per heavy atom. The minimum absolute atomic E-state index is 0.264. The van der Waals surface area contributed by atoms with Crippen molar-refractivity contribution in [3.05, 3.63) is 67.9 Å². The average molecular weight is 414 g/mol. The van der Waals surface area contributed by atoms with Gasteiger partial charge >= 0.3 is 0 Å². The Kier molecular flexibility index (Phi) is 4.21. The fourth-order valence-electron chi connectivity index (χ4n) is 2.98. The van der Waals surface area contributed by atoms with Crippen LogP contribution in [0.25, 0.3) is 0 Å². The summed E-state index contributed by atoms with van der Waals surface area (Å²) in [6.07, 6.45) is 2.40. The molecule has 0 amide bonds. The van der Waals surface area contributed by atoms with Gasteiger partial charge in [-0.1, -0.05) is 44.0 Å². The molecule has 0 heterocycles. The van der Waals surface area contributed by atoms with Gasteiger partial charge in [-0.25, -0.2) is 4.39 Å². The molecule has 0 bridgehead atoms. The molecule has 110 valence electrons. The third-order valence-corrected chi connectivity index (χ3v) is 5.07. The second-order valence-corrected chi connectivity index (χ2v) is 7.56. The number of halogens is 3. The van der Waals surface area contributed by atoms with E-state index in [4.69, 9.17) is 0 Å². The highest BCUT2D eigenvalue weighted by molar-refractivity contribution is 9.10. The van der Waals surface area contributed by atoms with Gasteiger partial charge in [-0.2, -0.15) is 0 Å². The first kappa shape index (κ1) is 15.2. The number of aryl methyl sites for hydroxylation is 1. The van der Waals surface area contributed by atoms with Crippen LogP contribution in [0.4, 0.5) is 4.39 Å². The molecule has 1 atom stereocenters. The minimum atomic E-state index is -0.866. The standard InChI is InChI=1S/C17H15Br2FO/c18-14-3-1-12-9-17(21,6-5-11(12)7-14)10-13-2-4-15(19)8-16(13)20/h1-4,7-8,21H,5-6,9-10H2. The van der Waals surface area contributed by atoms with E-state index in [-0.39, 0.29) is 5.82 Å². The number of fused-ring (bicyclic) bond motifs is 1. The van der Waals surface area contributed by atoms with Crippen molar-refractivity contribution in [2.75, 3.05) is 0 Å². The highest BCUT2D eigenvalue weighted by Crippen LogP contribution is 2.33. The number of benzene rings is 2. The van der Waals surface area contributed by atoms with Crippen LogP contribution in [0.3, 0.4) is 0 Å². The lowest BCUT2D eigenvalue weighted by Gasteiger charge is -2.34. The molecule has 21 heavy (non-hydrogen) atoms. The predicted molar refractivity (Wildman–Crippen MR) is 88.9 cm³/mol. The Morgan fingerprint density at radius 1 is 1.05 bits per heavy atom. The van der Waals surface area contributed by atoms with Gasteiger partial charge in [0.15, 0.2) is 0 Å². The highest BCUT2D eigenvalue weighted by atomic mass is 79.9. The molecular weight excluding hydrogens is 399 g/mol. The Morgan fingerprint density at radius 3 is 2.52 bits per heavy atom. The normalized spacial score (nSPS) is 21.1. The lowest BCUT2D eigenvalue weighted by molar-refractivity contribution is 0.0259. The first-order chi connectivity index (χ1) is 9.95. The van der Waals surface area contributed by atoms with Crippen LogP contribution in [0.5, 0.6) is 0 Å². The van der Waals surface area contributed by atoms with Gasteiger partial charge in [0, 0.05) is 21.8 Å². The molecule has 1 N–H and O–H groups in total. The Hall–Kier alpha value is -0.710. The Labute approximate surface area is 140 Å². The van der Waals surface area contributed by atoms with Crippen LogP contribution in [0.1, 0.15) is 23.1 Å². The molecule has 0 fully saturated rings. The largest absolute Gasteiger partial charge is 0.389 e. The summed E-state index contributed by atoms with van der Waals surface area (Å²) in [5.41, 5.74) is 2.13. The fraction of sp³-hybridized carbons (Fsp3) is 0.294. The Balaban J connectivity index is 1.84. The Bertz CT molecular complexity index is 686. The summed E-state index contributed by atoms with van der Waals surface area (Å²) >= 11 is 6.73. The molecule has 0 saturated carbocycles. The second kappa shape index (κ2) is 5.82. The predicted octanol–water partition coefficient (Wildman–Crippen LogP) is 4.81. The van der Waals surface area contributed by atoms with Crippen molar-refractivity contribution in [3.63, 3.8) is 0 Å². The first-order valence-corrected chi connectivity index (χ1v) is 8.47. The van der Waals surface area contributed by atoms with Crippen LogP contribution in [-0.4, -0.2) is 10.7 Å². The molecule has 1 unspecified atom stereocenters. The molecule has 0 spiro atoms. The van der Waals surface area contributed by atoms with Crippen molar-refractivity contribution < 1.29 is 9.50 Å². The molecule has 0 saturated heterocycles. The topological polar surface area (TPSA) is 20.2 Å². The van der Waals surface area contributed by atoms with E-state index in [2.05, 4.69) is 37.9 Å². The molecule has 3 rings (SSSR count). The van der Waals surface area contributed by atoms with Crippen LogP contribution in [0.2, 0.25) is 0 Å². The zero-order valence-corrected chi connectivity index (χ0v) is 14.5. The maximum atomic E-state index is 14.0. The van der Waals surface area contributed by atoms with E-state index < -0.39 is 5.60 Å². The summed E-state index contributed by atoms with van der Waals surface area (Å²) in [6.45, 7) is 0. The first-order valence-electron chi connectivity index (χ1n) is 6.89. The molecule has 4 heteroatoms. The maximum absolute atomic E-state index is 14.0. The highest BCUT2D eigenvalue weighted by Gasteiger charge is 2.33. The summed E-state index contributed by atoms with van der Waals surface area (Å²) in [4.78, 5) is 0. The van der Waals surface area contributed by atoms with Gasteiger partial charge in [0.05, 0.1) is 5.60 Å². The summed E-state index contributed by atoms with van der Waals surface area (Å²) in [7, 11) is 0. The number of hydrogen-bond donors (Lipinski definition) is 1. The quantitative estimate of drug-likeness (QED) is 0.748. The molecule has 0 radical (unpaired) electrons. The molecule has 2 aromatic carbocycles. The molecular formula is C17H15Br2FO. The van der Waals surface area contributed by atoms with Crippen LogP contribution in [0, 0.1) is 5.82 Å². The van der Waals surface area contributed by atoms with Crippen molar-refractivity contribution >= 4 is 31.9 Å². The fourth-order valence-corrected chi connectivity index (χ4v) is 3.72. The molecule has 0 aliphatic heterocycles. The zero-order valence-electron chi connectivity index (χ0n) is 11.4. The number of aliphatic hydroxyl groups is 1. The molecule has 1 aliphatic carbocycles. The summed E-state index contributed by atoms with van der Waals surface area (Å²) in [6, 6.07) is 11.2. The van der Waals surface area contributed by atoms with Gasteiger partial charge in [0.2, 0.25) is 0 Å². The van der Waals surface area contributed by atoms with Crippen LogP contribution in [0.15, 0.2) is 45.3 Å². The van der Waals surface area contributed by atoms with Crippen molar-refractivity contribution in [2.24, 2.45) is 0 Å². The molecule has 2 aromatic rings. The molecule has 1 nitrogen and oxygen atoms in total. The molecule has 1 aliphatic rings. The summed E-state index contributed by atoms with van der Waals surface area (Å²) in [5, 5.41) is 10.8. The zero-order chi connectivity index (χ0) is 15.0. The number of rotatable bonds is 2. The smallest absolute Gasteiger partial charge is 0.127 e. The second-order valence-electron chi connectivity index (χ2n) is 5.73. The van der Waals surface area contributed by atoms with Crippen molar-refractivity contribution in [1.29, 1.82) is 0 Å². The van der Waals surface area contributed by atoms with Crippen molar-refractivity contribution in [1.82, 2.24) is 0 Å². The van der Waals surface area contributed by atoms with E-state index >= 15 is 0 Å². The summed E-state index contributed by atoms with van der Waals surface area (Å²) < 4.78 is 15.8. The van der Waals surface area contributed by atoms with Crippen molar-refractivity contribution in [3.8, 4) is 0 Å². The molecule has 0 aromatic heterocycles. The van der Waals surface area contributed by atoms with Crippen LogP contribution < -0.4 is 0 Å². The van der Waals surface area contributed by atoms with E-state index in [0.29, 0.717) is 24.8 Å². The van der Waals surface area contributed by atoms with Gasteiger partial charge < -0.3 is 5.11 Å². The lowest BCUT2D eigenvalue weighted by Crippen LogP contribution is -2.38. The average Bonchev–Trinajstić information content (AvgIpc) is 2.43. The lowest BCUT2D eigenvalue weighted by atomic mass is 9.77. The van der Waals surface area contributed by atoms with Crippen molar-refractivity contribution in [2.45, 2.75) is 31.3 Å². The third kappa shape index (κ3) is 3.38. The van der Waals surface area contributed by atoms with Gasteiger partial charge in [-0.15, -0.1) is 0 Å². The third-order valence-electron chi connectivity index (χ3n) is 4.08. The van der Waals surface area contributed by atoms with Crippen LogP contribution >= 0.6 is 31.9 Å². The van der Waals surface area contributed by atoms with E-state index in [1.54, 1.807) is 6.07 Å². The monoisotopic (exact) mass is 412 g/mol. The van der Waals surface area contributed by atoms with E-state index in [9.17, 15) is 9.50 Å². The minimum Gasteiger partial charge on any atom is -0.389 e. The number of hydrogen-bond acceptors (Lipinski definition) is 1. The van der Waals surface area contributed by atoms with Gasteiger partial charge in [-0.3, -0.25) is 0 Å². The van der Waals surface area contributed by atoms with Gasteiger partial charge in [0.1, 0.15) is 5.82 Å². The van der Waals surface area contributed by atoms with E-state index in [1.807, 2.05) is 18.2 Å². The van der Waals surface area contributed by atoms with Gasteiger partial charge in [0.25, 0.3) is 0 Å². The van der Waals surface area contributed by atoms with Gasteiger partial charge in [-0.05, 0) is 53.8 Å². The SMILES string of the molecule is OC1(Cc2ccc(Br)cc2F)CCc2cc(Br)ccc2C1. The maximum Gasteiger partial charge on any atom is 0.127 e. The van der Waals surface area contributed by atoms with Crippen LogP contribution in [-0.2, 0) is 19.3 Å².